The summed E-state index contributed by atoms with van der Waals surface area (Å²) in [5, 5.41) is 6.15. The van der Waals surface area contributed by atoms with Crippen LogP contribution in [-0.2, 0) is 0 Å². The molecule has 2 N–H and O–H groups in total. The van der Waals surface area contributed by atoms with E-state index in [2.05, 4.69) is 15.6 Å². The van der Waals surface area contributed by atoms with E-state index in [0.29, 0.717) is 0 Å². The second kappa shape index (κ2) is 5.23. The number of rotatable bonds is 0. The standard InChI is InChI=1S/C4H9N.C3H6N2/c1-2-4-5-3-1;1-2-5-3-4-1/h5H,1-4H2;3H,1-2H2,(H,4,5). The van der Waals surface area contributed by atoms with E-state index in [1.54, 1.807) is 6.34 Å². The molecule has 0 aliphatic carbocycles. The fourth-order valence-corrected chi connectivity index (χ4v) is 0.948. The normalized spacial score (nSPS) is 21.6. The Hall–Kier alpha value is -0.570. The number of hydrogen-bond acceptors (Lipinski definition) is 3. The molecule has 0 saturated carbocycles. The maximum atomic E-state index is 3.85. The van der Waals surface area contributed by atoms with E-state index in [1.807, 2.05) is 0 Å². The summed E-state index contributed by atoms with van der Waals surface area (Å²) in [6.45, 7) is 4.49. The van der Waals surface area contributed by atoms with Gasteiger partial charge in [0.2, 0.25) is 0 Å². The Kier molecular flexibility index (Phi) is 3.94. The first-order valence-electron chi connectivity index (χ1n) is 3.92. The minimum Gasteiger partial charge on any atom is -0.375 e. The molecular formula is C7H15N3. The molecule has 2 heterocycles. The van der Waals surface area contributed by atoms with Gasteiger partial charge >= 0.3 is 0 Å². The molecule has 0 radical (unpaired) electrons. The zero-order valence-electron chi connectivity index (χ0n) is 6.27. The topological polar surface area (TPSA) is 36.4 Å². The van der Waals surface area contributed by atoms with E-state index in [4.69, 9.17) is 0 Å². The molecule has 1 saturated heterocycles. The van der Waals surface area contributed by atoms with Crippen LogP contribution in [0.5, 0.6) is 0 Å². The SMILES string of the molecule is C1=NCCN1.C1CCNC1. The number of aliphatic imine (C=N–C) groups is 1. The molecular weight excluding hydrogens is 126 g/mol. The van der Waals surface area contributed by atoms with Crippen LogP contribution in [0.1, 0.15) is 12.8 Å². The highest BCUT2D eigenvalue weighted by atomic mass is 15.0. The first-order chi connectivity index (χ1) is 5.00. The van der Waals surface area contributed by atoms with Gasteiger partial charge < -0.3 is 10.6 Å². The average molecular weight is 141 g/mol. The van der Waals surface area contributed by atoms with Gasteiger partial charge in [-0.05, 0) is 25.9 Å². The van der Waals surface area contributed by atoms with Crippen molar-refractivity contribution in [1.29, 1.82) is 0 Å². The van der Waals surface area contributed by atoms with Gasteiger partial charge in [-0.2, -0.15) is 0 Å². The number of hydrogen-bond donors (Lipinski definition) is 2. The molecule has 0 aromatic carbocycles. The van der Waals surface area contributed by atoms with Gasteiger partial charge in [0.25, 0.3) is 0 Å². The van der Waals surface area contributed by atoms with Crippen LogP contribution < -0.4 is 10.6 Å². The van der Waals surface area contributed by atoms with Crippen LogP contribution in [0.3, 0.4) is 0 Å². The van der Waals surface area contributed by atoms with Crippen LogP contribution >= 0.6 is 0 Å². The molecule has 0 unspecified atom stereocenters. The fourth-order valence-electron chi connectivity index (χ4n) is 0.948. The van der Waals surface area contributed by atoms with Crippen molar-refractivity contribution in [2.45, 2.75) is 12.8 Å². The van der Waals surface area contributed by atoms with Crippen LogP contribution in [0.15, 0.2) is 4.99 Å². The van der Waals surface area contributed by atoms with Crippen molar-refractivity contribution < 1.29 is 0 Å². The molecule has 58 valence electrons. The third-order valence-corrected chi connectivity index (χ3v) is 1.52. The summed E-state index contributed by atoms with van der Waals surface area (Å²) in [4.78, 5) is 3.85. The van der Waals surface area contributed by atoms with Crippen molar-refractivity contribution >= 4 is 6.34 Å². The number of nitrogens with zero attached hydrogens (tertiary/aromatic N) is 1. The van der Waals surface area contributed by atoms with Gasteiger partial charge in [-0.15, -0.1) is 0 Å². The Bertz CT molecular complexity index is 83.4. The molecule has 3 heteroatoms. The van der Waals surface area contributed by atoms with E-state index >= 15 is 0 Å². The molecule has 0 bridgehead atoms. The lowest BCUT2D eigenvalue weighted by Gasteiger charge is -1.76. The summed E-state index contributed by atoms with van der Waals surface area (Å²) in [5.74, 6) is 0. The van der Waals surface area contributed by atoms with Gasteiger partial charge in [0.05, 0.1) is 12.9 Å². The molecule has 0 amide bonds. The van der Waals surface area contributed by atoms with Crippen LogP contribution in [-0.4, -0.2) is 32.5 Å². The minimum absolute atomic E-state index is 0.958. The van der Waals surface area contributed by atoms with Gasteiger partial charge in [0.15, 0.2) is 0 Å². The van der Waals surface area contributed by atoms with Crippen molar-refractivity contribution in [3.8, 4) is 0 Å². The Morgan fingerprint density at radius 1 is 1.10 bits per heavy atom. The number of nitrogens with one attached hydrogen (secondary N) is 2. The second-order valence-electron chi connectivity index (χ2n) is 2.45. The lowest BCUT2D eigenvalue weighted by molar-refractivity contribution is 0.857. The van der Waals surface area contributed by atoms with Crippen molar-refractivity contribution in [1.82, 2.24) is 10.6 Å². The van der Waals surface area contributed by atoms with E-state index in [0.717, 1.165) is 13.1 Å². The maximum absolute atomic E-state index is 3.85. The third-order valence-electron chi connectivity index (χ3n) is 1.52. The van der Waals surface area contributed by atoms with Gasteiger partial charge in [0, 0.05) is 6.54 Å². The Balaban J connectivity index is 0.0000001000. The smallest absolute Gasteiger partial charge is 0.0825 e. The monoisotopic (exact) mass is 141 g/mol. The first-order valence-corrected chi connectivity index (χ1v) is 3.92. The zero-order valence-corrected chi connectivity index (χ0v) is 6.27. The molecule has 2 rings (SSSR count). The van der Waals surface area contributed by atoms with Gasteiger partial charge in [0.1, 0.15) is 0 Å². The highest BCUT2D eigenvalue weighted by Gasteiger charge is 1.93. The average Bonchev–Trinajstić information content (AvgIpc) is 2.67. The molecule has 2 aliphatic rings. The van der Waals surface area contributed by atoms with E-state index in [-0.39, 0.29) is 0 Å². The molecule has 1 fully saturated rings. The van der Waals surface area contributed by atoms with Crippen molar-refractivity contribution in [3.63, 3.8) is 0 Å². The van der Waals surface area contributed by atoms with E-state index in [9.17, 15) is 0 Å². The van der Waals surface area contributed by atoms with Gasteiger partial charge in [-0.3, -0.25) is 4.99 Å². The van der Waals surface area contributed by atoms with Gasteiger partial charge in [-0.25, -0.2) is 0 Å². The van der Waals surface area contributed by atoms with Crippen molar-refractivity contribution in [2.75, 3.05) is 26.2 Å². The maximum Gasteiger partial charge on any atom is 0.0825 e. The van der Waals surface area contributed by atoms with E-state index in [1.165, 1.54) is 25.9 Å². The molecule has 3 nitrogen and oxygen atoms in total. The van der Waals surface area contributed by atoms with Gasteiger partial charge in [-0.1, -0.05) is 0 Å². The summed E-state index contributed by atoms with van der Waals surface area (Å²) in [6.07, 6.45) is 4.51. The predicted octanol–water partition coefficient (Wildman–Crippen LogP) is -0.0123. The zero-order chi connectivity index (χ0) is 7.07. The summed E-state index contributed by atoms with van der Waals surface area (Å²) in [5.41, 5.74) is 0. The van der Waals surface area contributed by atoms with Crippen molar-refractivity contribution in [2.24, 2.45) is 4.99 Å². The minimum atomic E-state index is 0.958. The summed E-state index contributed by atoms with van der Waals surface area (Å²) in [6, 6.07) is 0. The largest absolute Gasteiger partial charge is 0.375 e. The third kappa shape index (κ3) is 3.45. The van der Waals surface area contributed by atoms with E-state index < -0.39 is 0 Å². The lowest BCUT2D eigenvalue weighted by atomic mass is 10.4. The molecule has 0 spiro atoms. The van der Waals surface area contributed by atoms with Crippen LogP contribution in [0, 0.1) is 0 Å². The Morgan fingerprint density at radius 3 is 2.10 bits per heavy atom. The lowest BCUT2D eigenvalue weighted by Crippen LogP contribution is -2.04. The molecule has 0 atom stereocenters. The highest BCUT2D eigenvalue weighted by Crippen LogP contribution is 1.90. The summed E-state index contributed by atoms with van der Waals surface area (Å²) < 4.78 is 0. The molecule has 0 aromatic heterocycles. The Morgan fingerprint density at radius 2 is 1.90 bits per heavy atom. The second-order valence-corrected chi connectivity index (χ2v) is 2.45. The first kappa shape index (κ1) is 7.54. The highest BCUT2D eigenvalue weighted by molar-refractivity contribution is 5.56. The summed E-state index contributed by atoms with van der Waals surface area (Å²) >= 11 is 0. The van der Waals surface area contributed by atoms with Crippen LogP contribution in [0.2, 0.25) is 0 Å². The fraction of sp³-hybridized carbons (Fsp3) is 0.857. The summed E-state index contributed by atoms with van der Waals surface area (Å²) in [7, 11) is 0. The molecule has 2 aliphatic heterocycles. The molecule has 0 aromatic rings. The quantitative estimate of drug-likeness (QED) is 0.497. The Labute approximate surface area is 61.9 Å². The van der Waals surface area contributed by atoms with Crippen LogP contribution in [0.25, 0.3) is 0 Å². The van der Waals surface area contributed by atoms with Crippen LogP contribution in [0.4, 0.5) is 0 Å². The predicted molar refractivity (Wildman–Crippen MR) is 43.5 cm³/mol. The van der Waals surface area contributed by atoms with Crippen molar-refractivity contribution in [3.05, 3.63) is 0 Å². The molecule has 10 heavy (non-hydrogen) atoms.